The minimum absolute atomic E-state index is 0.599. The van der Waals surface area contributed by atoms with Crippen LogP contribution >= 0.6 is 11.8 Å². The van der Waals surface area contributed by atoms with Crippen LogP contribution in [0, 0.1) is 13.8 Å². The fourth-order valence-corrected chi connectivity index (χ4v) is 5.81. The SMILES string of the molecule is Cc1nc(SCC[S@](=O)c2ccccc2)n(C2CCCCC2)c1C. The molecule has 0 spiro atoms. The molecule has 1 aliphatic carbocycles. The van der Waals surface area contributed by atoms with Gasteiger partial charge in [0.15, 0.2) is 5.16 Å². The molecule has 0 saturated heterocycles. The van der Waals surface area contributed by atoms with E-state index in [-0.39, 0.29) is 0 Å². The van der Waals surface area contributed by atoms with E-state index in [1.165, 1.54) is 37.8 Å². The first kappa shape index (κ1) is 17.7. The molecule has 0 aliphatic heterocycles. The molecule has 1 aromatic heterocycles. The molecule has 1 heterocycles. The van der Waals surface area contributed by atoms with Crippen molar-refractivity contribution in [2.24, 2.45) is 0 Å². The Bertz CT molecular complexity index is 691. The smallest absolute Gasteiger partial charge is 0.168 e. The molecular weight excluding hydrogens is 336 g/mol. The van der Waals surface area contributed by atoms with E-state index in [9.17, 15) is 4.21 Å². The Kier molecular flexibility index (Phi) is 6.17. The minimum atomic E-state index is -0.925. The van der Waals surface area contributed by atoms with Crippen LogP contribution in [0.4, 0.5) is 0 Å². The van der Waals surface area contributed by atoms with Crippen molar-refractivity contribution >= 4 is 22.6 Å². The van der Waals surface area contributed by atoms with Gasteiger partial charge in [0.05, 0.1) is 16.5 Å². The number of aromatic nitrogens is 2. The Hall–Kier alpha value is -1.07. The number of imidazole rings is 1. The van der Waals surface area contributed by atoms with Gasteiger partial charge in [-0.3, -0.25) is 4.21 Å². The lowest BCUT2D eigenvalue weighted by Gasteiger charge is -2.26. The van der Waals surface area contributed by atoms with Crippen LogP contribution in [0.2, 0.25) is 0 Å². The van der Waals surface area contributed by atoms with E-state index < -0.39 is 10.8 Å². The zero-order valence-electron chi connectivity index (χ0n) is 14.5. The molecule has 5 heteroatoms. The van der Waals surface area contributed by atoms with Gasteiger partial charge in [-0.05, 0) is 38.8 Å². The van der Waals surface area contributed by atoms with E-state index in [4.69, 9.17) is 4.98 Å². The maximum Gasteiger partial charge on any atom is 0.168 e. The molecule has 1 aromatic carbocycles. The fourth-order valence-electron chi connectivity index (χ4n) is 3.37. The van der Waals surface area contributed by atoms with Gasteiger partial charge in [0.1, 0.15) is 0 Å². The van der Waals surface area contributed by atoms with E-state index >= 15 is 0 Å². The molecule has 0 bridgehead atoms. The van der Waals surface area contributed by atoms with Crippen molar-refractivity contribution in [2.75, 3.05) is 11.5 Å². The molecule has 0 amide bonds. The lowest BCUT2D eigenvalue weighted by molar-refractivity contribution is 0.332. The monoisotopic (exact) mass is 362 g/mol. The van der Waals surface area contributed by atoms with Crippen molar-refractivity contribution in [1.82, 2.24) is 9.55 Å². The largest absolute Gasteiger partial charge is 0.320 e. The third-order valence-corrected chi connectivity index (χ3v) is 7.39. The van der Waals surface area contributed by atoms with Gasteiger partial charge in [0, 0.05) is 28.1 Å². The Morgan fingerprint density at radius 3 is 2.58 bits per heavy atom. The summed E-state index contributed by atoms with van der Waals surface area (Å²) in [6, 6.07) is 10.3. The summed E-state index contributed by atoms with van der Waals surface area (Å²) in [5.74, 6) is 1.51. The molecule has 3 nitrogen and oxygen atoms in total. The predicted octanol–water partition coefficient (Wildman–Crippen LogP) is 4.91. The van der Waals surface area contributed by atoms with Crippen LogP contribution < -0.4 is 0 Å². The summed E-state index contributed by atoms with van der Waals surface area (Å²) in [5.41, 5.74) is 2.43. The quantitative estimate of drug-likeness (QED) is 0.685. The summed E-state index contributed by atoms with van der Waals surface area (Å²) in [6.45, 7) is 4.28. The summed E-state index contributed by atoms with van der Waals surface area (Å²) >= 11 is 1.76. The molecule has 1 saturated carbocycles. The van der Waals surface area contributed by atoms with Gasteiger partial charge >= 0.3 is 0 Å². The van der Waals surface area contributed by atoms with Crippen molar-refractivity contribution in [2.45, 2.75) is 62.0 Å². The molecule has 24 heavy (non-hydrogen) atoms. The van der Waals surface area contributed by atoms with E-state index in [0.717, 1.165) is 21.5 Å². The lowest BCUT2D eigenvalue weighted by Crippen LogP contribution is -2.15. The minimum Gasteiger partial charge on any atom is -0.320 e. The van der Waals surface area contributed by atoms with Crippen molar-refractivity contribution in [3.8, 4) is 0 Å². The molecule has 130 valence electrons. The predicted molar refractivity (Wildman–Crippen MR) is 102 cm³/mol. The number of hydrogen-bond acceptors (Lipinski definition) is 3. The second-order valence-corrected chi connectivity index (χ2v) is 9.07. The van der Waals surface area contributed by atoms with Gasteiger partial charge in [0.25, 0.3) is 0 Å². The van der Waals surface area contributed by atoms with E-state index in [2.05, 4.69) is 18.4 Å². The van der Waals surface area contributed by atoms with Crippen molar-refractivity contribution in [1.29, 1.82) is 0 Å². The molecule has 0 radical (unpaired) electrons. The van der Waals surface area contributed by atoms with Crippen LogP contribution in [0.5, 0.6) is 0 Å². The van der Waals surface area contributed by atoms with E-state index in [1.54, 1.807) is 11.8 Å². The Balaban J connectivity index is 1.65. The van der Waals surface area contributed by atoms with Crippen LogP contribution in [0.3, 0.4) is 0 Å². The maximum atomic E-state index is 12.4. The number of rotatable bonds is 6. The second kappa shape index (κ2) is 8.34. The summed E-state index contributed by atoms with van der Waals surface area (Å²) in [5, 5.41) is 1.11. The standard InChI is InChI=1S/C19H26N2OS2/c1-15-16(2)21(17-9-5-3-6-10-17)19(20-15)23-13-14-24(22)18-11-7-4-8-12-18/h4,7-8,11-12,17H,3,5-6,9-10,13-14H2,1-2H3/t24-/m0/s1. The van der Waals surface area contributed by atoms with Gasteiger partial charge in [0.2, 0.25) is 0 Å². The average Bonchev–Trinajstić information content (AvgIpc) is 2.90. The van der Waals surface area contributed by atoms with Gasteiger partial charge in [-0.25, -0.2) is 4.98 Å². The third kappa shape index (κ3) is 4.12. The van der Waals surface area contributed by atoms with Crippen molar-refractivity contribution in [3.05, 3.63) is 41.7 Å². The highest BCUT2D eigenvalue weighted by Gasteiger charge is 2.22. The number of nitrogens with zero attached hydrogens (tertiary/aromatic N) is 2. The highest BCUT2D eigenvalue weighted by molar-refractivity contribution is 8.00. The Labute approximate surface area is 151 Å². The molecule has 0 unspecified atom stereocenters. The molecular formula is C19H26N2OS2. The zero-order valence-corrected chi connectivity index (χ0v) is 16.2. The molecule has 3 rings (SSSR count). The van der Waals surface area contributed by atoms with Crippen molar-refractivity contribution < 1.29 is 4.21 Å². The molecule has 0 N–H and O–H groups in total. The Morgan fingerprint density at radius 1 is 1.17 bits per heavy atom. The van der Waals surface area contributed by atoms with Gasteiger partial charge in [-0.15, -0.1) is 0 Å². The lowest BCUT2D eigenvalue weighted by atomic mass is 9.95. The van der Waals surface area contributed by atoms with Gasteiger partial charge in [-0.2, -0.15) is 0 Å². The topological polar surface area (TPSA) is 34.9 Å². The zero-order chi connectivity index (χ0) is 16.9. The number of thioether (sulfide) groups is 1. The number of aryl methyl sites for hydroxylation is 1. The van der Waals surface area contributed by atoms with E-state index in [1.807, 2.05) is 30.3 Å². The molecule has 1 aliphatic rings. The van der Waals surface area contributed by atoms with Crippen LogP contribution in [-0.4, -0.2) is 25.3 Å². The molecule has 2 aromatic rings. The van der Waals surface area contributed by atoms with Crippen LogP contribution in [0.1, 0.15) is 49.5 Å². The summed E-state index contributed by atoms with van der Waals surface area (Å²) in [6.07, 6.45) is 6.54. The normalized spacial score (nSPS) is 17.1. The first-order valence-electron chi connectivity index (χ1n) is 8.78. The van der Waals surface area contributed by atoms with Crippen LogP contribution in [0.25, 0.3) is 0 Å². The fraction of sp³-hybridized carbons (Fsp3) is 0.526. The van der Waals surface area contributed by atoms with Gasteiger partial charge in [-0.1, -0.05) is 49.2 Å². The number of hydrogen-bond donors (Lipinski definition) is 0. The van der Waals surface area contributed by atoms with Crippen LogP contribution in [0.15, 0.2) is 40.4 Å². The number of benzene rings is 1. The Morgan fingerprint density at radius 2 is 1.88 bits per heavy atom. The van der Waals surface area contributed by atoms with E-state index in [0.29, 0.717) is 11.8 Å². The van der Waals surface area contributed by atoms with Gasteiger partial charge < -0.3 is 4.57 Å². The summed E-state index contributed by atoms with van der Waals surface area (Å²) in [7, 11) is -0.925. The first-order valence-corrected chi connectivity index (χ1v) is 11.1. The molecule has 1 fully saturated rings. The summed E-state index contributed by atoms with van der Waals surface area (Å²) in [4.78, 5) is 5.70. The highest BCUT2D eigenvalue weighted by Crippen LogP contribution is 2.34. The molecule has 1 atom stereocenters. The van der Waals surface area contributed by atoms with Crippen molar-refractivity contribution in [3.63, 3.8) is 0 Å². The second-order valence-electron chi connectivity index (χ2n) is 6.44. The third-order valence-electron chi connectivity index (χ3n) is 4.80. The maximum absolute atomic E-state index is 12.4. The average molecular weight is 363 g/mol. The first-order chi connectivity index (χ1) is 11.7. The summed E-state index contributed by atoms with van der Waals surface area (Å²) < 4.78 is 14.8. The highest BCUT2D eigenvalue weighted by atomic mass is 32.2. The van der Waals surface area contributed by atoms with Crippen LogP contribution in [-0.2, 0) is 10.8 Å².